The van der Waals surface area contributed by atoms with E-state index in [2.05, 4.69) is 28.4 Å². The van der Waals surface area contributed by atoms with Gasteiger partial charge in [-0.15, -0.1) is 13.2 Å². The third-order valence-corrected chi connectivity index (χ3v) is 1.38. The highest BCUT2D eigenvalue weighted by Crippen LogP contribution is 2.19. The summed E-state index contributed by atoms with van der Waals surface area (Å²) in [6.45, 7) is 1.74. The summed E-state index contributed by atoms with van der Waals surface area (Å²) in [7, 11) is 0. The number of alkyl halides is 3. The van der Waals surface area contributed by atoms with Gasteiger partial charge in [-0.3, -0.25) is 4.74 Å². The molecule has 0 amide bonds. The zero-order valence-electron chi connectivity index (χ0n) is 7.40. The van der Waals surface area contributed by atoms with E-state index in [1.807, 2.05) is 0 Å². The van der Waals surface area contributed by atoms with Crippen molar-refractivity contribution in [3.05, 3.63) is 11.6 Å². The van der Waals surface area contributed by atoms with Crippen molar-refractivity contribution in [3.8, 4) is 23.7 Å². The van der Waals surface area contributed by atoms with Crippen LogP contribution in [0.25, 0.3) is 0 Å². The molecule has 0 spiro atoms. The van der Waals surface area contributed by atoms with Crippen LogP contribution in [0.5, 0.6) is 0 Å². The van der Waals surface area contributed by atoms with Crippen molar-refractivity contribution in [2.75, 3.05) is 0 Å². The molecule has 4 heteroatoms. The van der Waals surface area contributed by atoms with Crippen molar-refractivity contribution >= 4 is 0 Å². The summed E-state index contributed by atoms with van der Waals surface area (Å²) in [6, 6.07) is 0. The van der Waals surface area contributed by atoms with Gasteiger partial charge in [0.25, 0.3) is 0 Å². The third kappa shape index (κ3) is 4.02. The molecule has 1 aliphatic rings. The molecule has 0 aliphatic heterocycles. The molecule has 1 aliphatic carbocycles. The Morgan fingerprint density at radius 2 is 2.21 bits per heavy atom. The summed E-state index contributed by atoms with van der Waals surface area (Å²) in [6.07, 6.45) is -4.40. The quantitative estimate of drug-likeness (QED) is 0.590. The van der Waals surface area contributed by atoms with Gasteiger partial charge in [0.2, 0.25) is 0 Å². The number of hydrogen-bond donors (Lipinski definition) is 0. The van der Waals surface area contributed by atoms with Crippen LogP contribution in [0.2, 0.25) is 0 Å². The lowest BCUT2D eigenvalue weighted by Crippen LogP contribution is -2.22. The van der Waals surface area contributed by atoms with Gasteiger partial charge in [0.1, 0.15) is 6.10 Å². The Balaban J connectivity index is 2.69. The average molecular weight is 200 g/mol. The van der Waals surface area contributed by atoms with E-state index < -0.39 is 12.5 Å². The molecule has 0 saturated heterocycles. The second kappa shape index (κ2) is 4.21. The van der Waals surface area contributed by atoms with Crippen molar-refractivity contribution in [2.24, 2.45) is 0 Å². The Bertz CT molecular complexity index is 357. The summed E-state index contributed by atoms with van der Waals surface area (Å²) in [5.41, 5.74) is 0.739. The van der Waals surface area contributed by atoms with Crippen LogP contribution in [0.4, 0.5) is 13.2 Å². The first-order valence-corrected chi connectivity index (χ1v) is 3.88. The van der Waals surface area contributed by atoms with E-state index in [1.54, 1.807) is 6.92 Å². The first kappa shape index (κ1) is 10.7. The minimum atomic E-state index is -4.65. The fourth-order valence-electron chi connectivity index (χ4n) is 0.846. The van der Waals surface area contributed by atoms with Crippen molar-refractivity contribution < 1.29 is 17.9 Å². The summed E-state index contributed by atoms with van der Waals surface area (Å²) in [4.78, 5) is 0. The van der Waals surface area contributed by atoms with Crippen LogP contribution in [-0.2, 0) is 4.74 Å². The van der Waals surface area contributed by atoms with Gasteiger partial charge >= 0.3 is 6.36 Å². The fourth-order valence-corrected chi connectivity index (χ4v) is 0.846. The maximum atomic E-state index is 11.8. The molecule has 0 N–H and O–H groups in total. The van der Waals surface area contributed by atoms with E-state index in [0.29, 0.717) is 0 Å². The topological polar surface area (TPSA) is 9.23 Å². The van der Waals surface area contributed by atoms with E-state index in [1.165, 1.54) is 6.08 Å². The Morgan fingerprint density at radius 1 is 1.50 bits per heavy atom. The van der Waals surface area contributed by atoms with Crippen LogP contribution in [0, 0.1) is 23.7 Å². The zero-order chi connectivity index (χ0) is 10.6. The molecule has 0 radical (unpaired) electrons. The number of rotatable bonds is 1. The fraction of sp³-hybridized carbons (Fsp3) is 0.400. The maximum absolute atomic E-state index is 11.8. The Labute approximate surface area is 79.9 Å². The predicted octanol–water partition coefficient (Wildman–Crippen LogP) is 2.25. The zero-order valence-corrected chi connectivity index (χ0v) is 7.40. The minimum Gasteiger partial charge on any atom is -0.274 e. The molecule has 1 nitrogen and oxygen atoms in total. The van der Waals surface area contributed by atoms with Gasteiger partial charge in [-0.1, -0.05) is 23.7 Å². The second-order valence-electron chi connectivity index (χ2n) is 2.67. The molecule has 0 saturated carbocycles. The molecule has 1 rings (SSSR count). The molecular weight excluding hydrogens is 193 g/mol. The number of allylic oxidation sites excluding steroid dienone is 2. The number of ether oxygens (including phenoxy) is 1. The van der Waals surface area contributed by atoms with Gasteiger partial charge in [0, 0.05) is 12.0 Å². The van der Waals surface area contributed by atoms with Crippen LogP contribution >= 0.6 is 0 Å². The lowest BCUT2D eigenvalue weighted by atomic mass is 10.2. The van der Waals surface area contributed by atoms with Crippen LogP contribution < -0.4 is 0 Å². The highest BCUT2D eigenvalue weighted by atomic mass is 19.4. The van der Waals surface area contributed by atoms with Crippen molar-refractivity contribution in [3.63, 3.8) is 0 Å². The number of hydrogen-bond acceptors (Lipinski definition) is 1. The molecule has 0 aromatic carbocycles. The largest absolute Gasteiger partial charge is 0.523 e. The summed E-state index contributed by atoms with van der Waals surface area (Å²) in [5, 5.41) is 0. The SMILES string of the molecule is CC1=CC#CC(OC(F)(F)F)CC#C1. The molecule has 0 fully saturated rings. The molecule has 0 aromatic heterocycles. The first-order valence-electron chi connectivity index (χ1n) is 3.88. The number of halogens is 3. The molecular formula is C10H7F3O. The first-order chi connectivity index (χ1) is 6.47. The lowest BCUT2D eigenvalue weighted by molar-refractivity contribution is -0.334. The summed E-state index contributed by atoms with van der Waals surface area (Å²) in [5.74, 6) is 10.0. The van der Waals surface area contributed by atoms with Crippen LogP contribution in [-0.4, -0.2) is 12.5 Å². The molecule has 14 heavy (non-hydrogen) atoms. The minimum absolute atomic E-state index is 0.0301. The predicted molar refractivity (Wildman–Crippen MR) is 44.9 cm³/mol. The van der Waals surface area contributed by atoms with Gasteiger partial charge < -0.3 is 0 Å². The Hall–Kier alpha value is -1.39. The maximum Gasteiger partial charge on any atom is 0.523 e. The molecule has 1 atom stereocenters. The van der Waals surface area contributed by atoms with Gasteiger partial charge in [-0.25, -0.2) is 0 Å². The van der Waals surface area contributed by atoms with Crippen LogP contribution in [0.3, 0.4) is 0 Å². The van der Waals surface area contributed by atoms with E-state index in [-0.39, 0.29) is 6.42 Å². The lowest BCUT2D eigenvalue weighted by Gasteiger charge is -2.11. The normalized spacial score (nSPS) is 20.6. The van der Waals surface area contributed by atoms with E-state index >= 15 is 0 Å². The average Bonchev–Trinajstić information content (AvgIpc) is 1.97. The third-order valence-electron chi connectivity index (χ3n) is 1.38. The monoisotopic (exact) mass is 200 g/mol. The second-order valence-corrected chi connectivity index (χ2v) is 2.67. The molecule has 1 unspecified atom stereocenters. The molecule has 0 aromatic rings. The highest BCUT2D eigenvalue weighted by molar-refractivity contribution is 5.36. The summed E-state index contributed by atoms with van der Waals surface area (Å²) >= 11 is 0. The smallest absolute Gasteiger partial charge is 0.274 e. The van der Waals surface area contributed by atoms with Gasteiger partial charge in [-0.05, 0) is 13.0 Å². The molecule has 74 valence electrons. The van der Waals surface area contributed by atoms with Crippen molar-refractivity contribution in [2.45, 2.75) is 25.8 Å². The summed E-state index contributed by atoms with van der Waals surface area (Å²) < 4.78 is 39.1. The molecule has 0 bridgehead atoms. The highest BCUT2D eigenvalue weighted by Gasteiger charge is 2.32. The van der Waals surface area contributed by atoms with Gasteiger partial charge in [-0.2, -0.15) is 0 Å². The Morgan fingerprint density at radius 3 is 2.86 bits per heavy atom. The van der Waals surface area contributed by atoms with E-state index in [0.717, 1.165) is 5.57 Å². The Kier molecular flexibility index (Phi) is 3.22. The van der Waals surface area contributed by atoms with Crippen LogP contribution in [0.1, 0.15) is 13.3 Å². The standard InChI is InChI=1S/C10H7F3O/c1-8-4-2-6-9(7-3-5-8)14-10(11,12)13/h4,9H,7H2,1H3. The van der Waals surface area contributed by atoms with Gasteiger partial charge in [0.15, 0.2) is 0 Å². The van der Waals surface area contributed by atoms with E-state index in [4.69, 9.17) is 0 Å². The van der Waals surface area contributed by atoms with E-state index in [9.17, 15) is 13.2 Å². The van der Waals surface area contributed by atoms with Gasteiger partial charge in [0.05, 0.1) is 0 Å². The van der Waals surface area contributed by atoms with Crippen molar-refractivity contribution in [1.29, 1.82) is 0 Å². The van der Waals surface area contributed by atoms with Crippen LogP contribution in [0.15, 0.2) is 11.6 Å². The van der Waals surface area contributed by atoms with Crippen molar-refractivity contribution in [1.82, 2.24) is 0 Å². The molecule has 0 heterocycles.